The van der Waals surface area contributed by atoms with E-state index in [-0.39, 0.29) is 12.1 Å². The second-order valence-electron chi connectivity index (χ2n) is 4.91. The third-order valence-corrected chi connectivity index (χ3v) is 3.68. The van der Waals surface area contributed by atoms with E-state index in [2.05, 4.69) is 31.0 Å². The Labute approximate surface area is 93.9 Å². The summed E-state index contributed by atoms with van der Waals surface area (Å²) in [5.74, 6) is 0.680. The van der Waals surface area contributed by atoms with E-state index in [1.807, 2.05) is 6.92 Å². The van der Waals surface area contributed by atoms with E-state index in [9.17, 15) is 5.11 Å². The van der Waals surface area contributed by atoms with E-state index in [0.717, 1.165) is 19.6 Å². The van der Waals surface area contributed by atoms with Crippen molar-refractivity contribution in [1.29, 1.82) is 0 Å². The van der Waals surface area contributed by atoms with Gasteiger partial charge in [-0.15, -0.1) is 0 Å². The Hall–Kier alpha value is -0.120. The Kier molecular flexibility index (Phi) is 5.03. The van der Waals surface area contributed by atoms with Crippen LogP contribution in [0.2, 0.25) is 0 Å². The third kappa shape index (κ3) is 3.44. The summed E-state index contributed by atoms with van der Waals surface area (Å²) in [6.45, 7) is 11.7. The molecular weight excluding hydrogens is 188 g/mol. The molecule has 3 nitrogen and oxygen atoms in total. The molecule has 4 atom stereocenters. The molecule has 1 saturated heterocycles. The fraction of sp³-hybridized carbons (Fsp3) is 1.00. The van der Waals surface area contributed by atoms with Crippen molar-refractivity contribution < 1.29 is 5.11 Å². The Morgan fingerprint density at radius 2 is 2.13 bits per heavy atom. The zero-order valence-corrected chi connectivity index (χ0v) is 10.5. The Bertz CT molecular complexity index is 184. The predicted molar refractivity (Wildman–Crippen MR) is 64.0 cm³/mol. The summed E-state index contributed by atoms with van der Waals surface area (Å²) < 4.78 is 0. The molecule has 1 aliphatic rings. The van der Waals surface area contributed by atoms with Gasteiger partial charge in [0.05, 0.1) is 6.10 Å². The van der Waals surface area contributed by atoms with Crippen LogP contribution in [0, 0.1) is 5.92 Å². The minimum Gasteiger partial charge on any atom is -0.392 e. The number of nitrogens with zero attached hydrogens (tertiary/aromatic N) is 1. The molecule has 0 aromatic carbocycles. The van der Waals surface area contributed by atoms with Crippen molar-refractivity contribution in [3.05, 3.63) is 0 Å². The van der Waals surface area contributed by atoms with E-state index in [1.165, 1.54) is 6.42 Å². The average Bonchev–Trinajstić information content (AvgIpc) is 2.20. The summed E-state index contributed by atoms with van der Waals surface area (Å²) in [5.41, 5.74) is 0. The standard InChI is InChI=1S/C12H26N2O/c1-5-13-12-6-7-14(8-9(12)2)10(3)11(4)15/h9-13,15H,5-8H2,1-4H3. The lowest BCUT2D eigenvalue weighted by Gasteiger charge is -2.41. The number of nitrogens with one attached hydrogen (secondary N) is 1. The number of likely N-dealkylation sites (tertiary alicyclic amines) is 1. The van der Waals surface area contributed by atoms with Gasteiger partial charge in [-0.05, 0) is 32.7 Å². The Morgan fingerprint density at radius 3 is 2.60 bits per heavy atom. The molecule has 2 N–H and O–H groups in total. The van der Waals surface area contributed by atoms with Crippen molar-refractivity contribution in [2.45, 2.75) is 52.3 Å². The molecule has 1 rings (SSSR count). The molecule has 0 aliphatic carbocycles. The maximum atomic E-state index is 9.57. The highest BCUT2D eigenvalue weighted by molar-refractivity contribution is 4.85. The van der Waals surface area contributed by atoms with Gasteiger partial charge in [0.25, 0.3) is 0 Å². The van der Waals surface area contributed by atoms with Gasteiger partial charge in [0.15, 0.2) is 0 Å². The Balaban J connectivity index is 2.43. The summed E-state index contributed by atoms with van der Waals surface area (Å²) in [7, 11) is 0. The molecule has 0 aromatic heterocycles. The van der Waals surface area contributed by atoms with E-state index in [1.54, 1.807) is 0 Å². The molecule has 1 aliphatic heterocycles. The lowest BCUT2D eigenvalue weighted by molar-refractivity contribution is 0.0363. The molecule has 1 heterocycles. The first-order valence-electron chi connectivity index (χ1n) is 6.21. The summed E-state index contributed by atoms with van der Waals surface area (Å²) in [6, 6.07) is 0.947. The van der Waals surface area contributed by atoms with Crippen molar-refractivity contribution in [3.8, 4) is 0 Å². The smallest absolute Gasteiger partial charge is 0.0664 e. The second kappa shape index (κ2) is 5.83. The average molecular weight is 214 g/mol. The molecule has 15 heavy (non-hydrogen) atoms. The van der Waals surface area contributed by atoms with Crippen LogP contribution in [0.15, 0.2) is 0 Å². The summed E-state index contributed by atoms with van der Waals surface area (Å²) in [6.07, 6.45) is 0.972. The number of hydrogen-bond donors (Lipinski definition) is 2. The molecule has 0 radical (unpaired) electrons. The SMILES string of the molecule is CCNC1CCN(C(C)C(C)O)CC1C. The fourth-order valence-electron chi connectivity index (χ4n) is 2.42. The van der Waals surface area contributed by atoms with Gasteiger partial charge < -0.3 is 10.4 Å². The molecule has 90 valence electrons. The maximum Gasteiger partial charge on any atom is 0.0664 e. The van der Waals surface area contributed by atoms with Crippen molar-refractivity contribution in [3.63, 3.8) is 0 Å². The number of rotatable bonds is 4. The number of aliphatic hydroxyl groups is 1. The van der Waals surface area contributed by atoms with Crippen molar-refractivity contribution in [2.75, 3.05) is 19.6 Å². The number of piperidine rings is 1. The van der Waals surface area contributed by atoms with Crippen LogP contribution < -0.4 is 5.32 Å². The minimum atomic E-state index is -0.229. The van der Waals surface area contributed by atoms with E-state index in [4.69, 9.17) is 0 Å². The lowest BCUT2D eigenvalue weighted by atomic mass is 9.92. The van der Waals surface area contributed by atoms with Crippen LogP contribution in [0.3, 0.4) is 0 Å². The highest BCUT2D eigenvalue weighted by Crippen LogP contribution is 2.19. The van der Waals surface area contributed by atoms with Crippen LogP contribution in [-0.4, -0.2) is 47.8 Å². The highest BCUT2D eigenvalue weighted by atomic mass is 16.3. The lowest BCUT2D eigenvalue weighted by Crippen LogP contribution is -2.52. The molecule has 0 saturated carbocycles. The van der Waals surface area contributed by atoms with E-state index < -0.39 is 0 Å². The zero-order chi connectivity index (χ0) is 11.4. The van der Waals surface area contributed by atoms with Crippen LogP contribution >= 0.6 is 0 Å². The molecule has 0 bridgehead atoms. The van der Waals surface area contributed by atoms with Crippen molar-refractivity contribution >= 4 is 0 Å². The van der Waals surface area contributed by atoms with Gasteiger partial charge in [0.1, 0.15) is 0 Å². The van der Waals surface area contributed by atoms with Crippen molar-refractivity contribution in [2.24, 2.45) is 5.92 Å². The first-order chi connectivity index (χ1) is 7.06. The summed E-state index contributed by atoms with van der Waals surface area (Å²) >= 11 is 0. The fourth-order valence-corrected chi connectivity index (χ4v) is 2.42. The van der Waals surface area contributed by atoms with Gasteiger partial charge >= 0.3 is 0 Å². The van der Waals surface area contributed by atoms with Crippen LogP contribution in [0.4, 0.5) is 0 Å². The van der Waals surface area contributed by atoms with Gasteiger partial charge in [-0.2, -0.15) is 0 Å². The van der Waals surface area contributed by atoms with Crippen LogP contribution in [-0.2, 0) is 0 Å². The predicted octanol–water partition coefficient (Wildman–Crippen LogP) is 1.08. The Morgan fingerprint density at radius 1 is 1.47 bits per heavy atom. The monoisotopic (exact) mass is 214 g/mol. The van der Waals surface area contributed by atoms with Gasteiger partial charge in [0, 0.05) is 25.2 Å². The number of aliphatic hydroxyl groups excluding tert-OH is 1. The van der Waals surface area contributed by atoms with Crippen LogP contribution in [0.5, 0.6) is 0 Å². The van der Waals surface area contributed by atoms with Crippen molar-refractivity contribution in [1.82, 2.24) is 10.2 Å². The van der Waals surface area contributed by atoms with Gasteiger partial charge in [0.2, 0.25) is 0 Å². The minimum absolute atomic E-state index is 0.229. The number of hydrogen-bond acceptors (Lipinski definition) is 3. The van der Waals surface area contributed by atoms with Gasteiger partial charge in [-0.1, -0.05) is 13.8 Å². The summed E-state index contributed by atoms with van der Waals surface area (Å²) in [4.78, 5) is 2.41. The molecule has 0 aromatic rings. The van der Waals surface area contributed by atoms with Crippen LogP contribution in [0.1, 0.15) is 34.1 Å². The highest BCUT2D eigenvalue weighted by Gasteiger charge is 2.29. The molecule has 0 spiro atoms. The molecule has 0 amide bonds. The molecular formula is C12H26N2O. The first-order valence-corrected chi connectivity index (χ1v) is 6.21. The third-order valence-electron chi connectivity index (χ3n) is 3.68. The molecule has 3 heteroatoms. The quantitative estimate of drug-likeness (QED) is 0.735. The second-order valence-corrected chi connectivity index (χ2v) is 4.91. The zero-order valence-electron chi connectivity index (χ0n) is 10.5. The van der Waals surface area contributed by atoms with Crippen LogP contribution in [0.25, 0.3) is 0 Å². The van der Waals surface area contributed by atoms with Gasteiger partial charge in [-0.3, -0.25) is 4.90 Å². The molecule has 4 unspecified atom stereocenters. The summed E-state index contributed by atoms with van der Waals surface area (Å²) in [5, 5.41) is 13.1. The molecule has 1 fully saturated rings. The topological polar surface area (TPSA) is 35.5 Å². The van der Waals surface area contributed by atoms with E-state index >= 15 is 0 Å². The van der Waals surface area contributed by atoms with Gasteiger partial charge in [-0.25, -0.2) is 0 Å². The first kappa shape index (κ1) is 12.9. The normalized spacial score (nSPS) is 32.6. The largest absolute Gasteiger partial charge is 0.392 e. The van der Waals surface area contributed by atoms with E-state index in [0.29, 0.717) is 12.0 Å². The maximum absolute atomic E-state index is 9.57.